The van der Waals surface area contributed by atoms with Crippen LogP contribution in [0.25, 0.3) is 0 Å². The lowest BCUT2D eigenvalue weighted by Crippen LogP contribution is -2.44. The number of hydrogen-bond donors (Lipinski definition) is 0. The highest BCUT2D eigenvalue weighted by molar-refractivity contribution is 6.84. The second kappa shape index (κ2) is 10.5. The van der Waals surface area contributed by atoms with E-state index in [-0.39, 0.29) is 5.97 Å². The molecule has 0 bridgehead atoms. The lowest BCUT2D eigenvalue weighted by molar-refractivity contribution is -0.142. The molecule has 6 heteroatoms. The Morgan fingerprint density at radius 3 is 2.00 bits per heavy atom. The van der Waals surface area contributed by atoms with Crippen LogP contribution in [0, 0.1) is 0 Å². The third-order valence-electron chi connectivity index (χ3n) is 3.29. The van der Waals surface area contributed by atoms with Crippen molar-refractivity contribution in [2.24, 2.45) is 0 Å². The van der Waals surface area contributed by atoms with Crippen molar-refractivity contribution in [1.29, 1.82) is 0 Å². The van der Waals surface area contributed by atoms with E-state index in [9.17, 15) is 4.79 Å². The summed E-state index contributed by atoms with van der Waals surface area (Å²) in [4.78, 5) is 10.6. The summed E-state index contributed by atoms with van der Waals surface area (Å²) >= 11 is 0. The molecule has 0 atom stereocenters. The summed E-state index contributed by atoms with van der Waals surface area (Å²) in [6.45, 7) is 14.5. The second-order valence-corrected chi connectivity index (χ2v) is 15.6. The first kappa shape index (κ1) is 20.8. The zero-order valence-corrected chi connectivity index (χ0v) is 16.8. The van der Waals surface area contributed by atoms with Gasteiger partial charge in [-0.15, -0.1) is 0 Å². The van der Waals surface area contributed by atoms with Crippen molar-refractivity contribution in [1.82, 2.24) is 0 Å². The molecule has 126 valence electrons. The van der Waals surface area contributed by atoms with Gasteiger partial charge in [0.25, 0.3) is 0 Å². The van der Waals surface area contributed by atoms with Crippen LogP contribution in [0.5, 0.6) is 0 Å². The average Bonchev–Trinajstić information content (AvgIpc) is 2.33. The summed E-state index contributed by atoms with van der Waals surface area (Å²) < 4.78 is 16.8. The summed E-state index contributed by atoms with van der Waals surface area (Å²) in [5, 5.41) is 0. The van der Waals surface area contributed by atoms with Crippen LogP contribution < -0.4 is 0 Å². The van der Waals surface area contributed by atoms with Crippen LogP contribution in [-0.2, 0) is 18.4 Å². The van der Waals surface area contributed by atoms with Crippen LogP contribution in [0.15, 0.2) is 0 Å². The van der Waals surface area contributed by atoms with E-state index < -0.39 is 16.6 Å². The average molecular weight is 335 g/mol. The van der Waals surface area contributed by atoms with Gasteiger partial charge in [-0.3, -0.25) is 4.79 Å². The van der Waals surface area contributed by atoms with Crippen LogP contribution in [0.2, 0.25) is 38.3 Å². The van der Waals surface area contributed by atoms with Gasteiger partial charge in [-0.25, -0.2) is 0 Å². The van der Waals surface area contributed by atoms with Gasteiger partial charge in [0.15, 0.2) is 16.6 Å². The lowest BCUT2D eigenvalue weighted by atomic mass is 10.4. The summed E-state index contributed by atoms with van der Waals surface area (Å²) in [7, 11) is -3.07. The summed E-state index contributed by atoms with van der Waals surface area (Å²) in [6.07, 6.45) is 3.55. The molecule has 0 spiro atoms. The molecule has 4 nitrogen and oxygen atoms in total. The molecule has 0 aromatic heterocycles. The molecule has 0 aromatic rings. The lowest BCUT2D eigenvalue weighted by Gasteiger charge is -2.34. The molecule has 0 saturated heterocycles. The normalized spacial score (nSPS) is 12.5. The summed E-state index contributed by atoms with van der Waals surface area (Å²) in [5.41, 5.74) is 0. The summed E-state index contributed by atoms with van der Waals surface area (Å²) in [6, 6.07) is 2.39. The highest BCUT2D eigenvalue weighted by Gasteiger charge is 2.31. The third-order valence-corrected chi connectivity index (χ3v) is 10.8. The molecule has 0 fully saturated rings. The Bertz CT molecular complexity index is 293. The monoisotopic (exact) mass is 334 g/mol. The first-order valence-corrected chi connectivity index (χ1v) is 14.3. The molecule has 0 aliphatic rings. The molecule has 21 heavy (non-hydrogen) atoms. The molecule has 0 aromatic carbocycles. The number of esters is 1. The zero-order valence-electron chi connectivity index (χ0n) is 14.8. The molecular formula is C15H34O4Si2. The Hall–Kier alpha value is -0.176. The molecule has 0 unspecified atom stereocenters. The van der Waals surface area contributed by atoms with E-state index in [1.807, 2.05) is 0 Å². The van der Waals surface area contributed by atoms with Gasteiger partial charge in [0.05, 0.1) is 6.61 Å². The van der Waals surface area contributed by atoms with Crippen molar-refractivity contribution in [3.63, 3.8) is 0 Å². The van der Waals surface area contributed by atoms with Gasteiger partial charge < -0.3 is 13.6 Å². The van der Waals surface area contributed by atoms with Gasteiger partial charge in [0, 0.05) is 13.5 Å². The maximum atomic E-state index is 10.6. The minimum Gasteiger partial charge on any atom is -0.463 e. The fraction of sp³-hybridized carbons (Fsp3) is 0.933. The fourth-order valence-electron chi connectivity index (χ4n) is 2.40. The van der Waals surface area contributed by atoms with Crippen molar-refractivity contribution >= 4 is 22.6 Å². The van der Waals surface area contributed by atoms with Crippen LogP contribution in [0.3, 0.4) is 0 Å². The third kappa shape index (κ3) is 13.2. The number of rotatable bonds is 12. The summed E-state index contributed by atoms with van der Waals surface area (Å²) in [5.74, 6) is -0.250. The van der Waals surface area contributed by atoms with E-state index in [0.717, 1.165) is 19.1 Å². The van der Waals surface area contributed by atoms with Crippen LogP contribution in [-0.4, -0.2) is 42.4 Å². The predicted octanol–water partition coefficient (Wildman–Crippen LogP) is 4.18. The number of carbonyl (C=O) groups excluding carboxylic acids is 1. The number of ether oxygens (including phenoxy) is 2. The molecule has 0 amide bonds. The highest BCUT2D eigenvalue weighted by Crippen LogP contribution is 2.24. The van der Waals surface area contributed by atoms with E-state index in [4.69, 9.17) is 13.6 Å². The molecule has 0 heterocycles. The maximum Gasteiger partial charge on any atom is 0.302 e. The quantitative estimate of drug-likeness (QED) is 0.305. The van der Waals surface area contributed by atoms with Crippen LogP contribution in [0.4, 0.5) is 0 Å². The number of carbonyl (C=O) groups is 1. The maximum absolute atomic E-state index is 10.6. The first-order valence-electron chi connectivity index (χ1n) is 8.10. The van der Waals surface area contributed by atoms with Gasteiger partial charge in [0.2, 0.25) is 0 Å². The molecule has 0 radical (unpaired) electrons. The van der Waals surface area contributed by atoms with E-state index in [1.165, 1.54) is 25.8 Å². The van der Waals surface area contributed by atoms with Gasteiger partial charge in [-0.1, -0.05) is 19.8 Å². The minimum atomic E-state index is -1.58. The number of unbranched alkanes of at least 4 members (excludes halogenated alkanes) is 1. The molecule has 0 aliphatic heterocycles. The van der Waals surface area contributed by atoms with Crippen LogP contribution in [0.1, 0.15) is 33.1 Å². The van der Waals surface area contributed by atoms with E-state index in [1.54, 1.807) is 0 Å². The molecule has 0 rings (SSSR count). The Balaban J connectivity index is 3.79. The van der Waals surface area contributed by atoms with E-state index in [2.05, 4.69) is 33.1 Å². The van der Waals surface area contributed by atoms with Crippen molar-refractivity contribution in [3.05, 3.63) is 0 Å². The van der Waals surface area contributed by atoms with Crippen molar-refractivity contribution < 1.29 is 18.4 Å². The first-order chi connectivity index (χ1) is 9.68. The van der Waals surface area contributed by atoms with Crippen LogP contribution >= 0.6 is 0 Å². The molecule has 0 saturated carbocycles. The smallest absolute Gasteiger partial charge is 0.302 e. The molecule has 0 N–H and O–H groups in total. The fourth-order valence-corrected chi connectivity index (χ4v) is 11.4. The van der Waals surface area contributed by atoms with Crippen molar-refractivity contribution in [3.8, 4) is 0 Å². The zero-order chi connectivity index (χ0) is 16.4. The van der Waals surface area contributed by atoms with Crippen molar-refractivity contribution in [2.45, 2.75) is 71.4 Å². The van der Waals surface area contributed by atoms with Crippen molar-refractivity contribution in [2.75, 3.05) is 19.8 Å². The van der Waals surface area contributed by atoms with Gasteiger partial charge in [-0.2, -0.15) is 0 Å². The Labute approximate surface area is 132 Å². The Morgan fingerprint density at radius 2 is 1.48 bits per heavy atom. The SMILES string of the molecule is CCCC[Si](C)(C)O[Si](C)(C)CCCOCCOC(C)=O. The Kier molecular flexibility index (Phi) is 10.4. The standard InChI is InChI=1S/C15H34O4Si2/c1-7-8-13-20(3,4)19-21(5,6)14-9-10-17-11-12-18-15(2)16/h7-14H2,1-6H3. The predicted molar refractivity (Wildman–Crippen MR) is 92.6 cm³/mol. The van der Waals surface area contributed by atoms with Gasteiger partial charge in [0.1, 0.15) is 6.61 Å². The van der Waals surface area contributed by atoms with Gasteiger partial charge in [-0.05, 0) is 44.7 Å². The number of hydrogen-bond acceptors (Lipinski definition) is 4. The Morgan fingerprint density at radius 1 is 0.905 bits per heavy atom. The molecular weight excluding hydrogens is 300 g/mol. The second-order valence-electron chi connectivity index (χ2n) is 6.78. The van der Waals surface area contributed by atoms with E-state index >= 15 is 0 Å². The highest BCUT2D eigenvalue weighted by atomic mass is 28.4. The largest absolute Gasteiger partial charge is 0.463 e. The molecule has 0 aliphatic carbocycles. The van der Waals surface area contributed by atoms with E-state index in [0.29, 0.717) is 13.2 Å². The minimum absolute atomic E-state index is 0.250. The topological polar surface area (TPSA) is 44.8 Å². The van der Waals surface area contributed by atoms with Gasteiger partial charge >= 0.3 is 5.97 Å².